The van der Waals surface area contributed by atoms with E-state index in [0.29, 0.717) is 17.7 Å². The third kappa shape index (κ3) is 3.20. The number of fused-ring (bicyclic) bond motifs is 2. The van der Waals surface area contributed by atoms with Gasteiger partial charge >= 0.3 is 0 Å². The van der Waals surface area contributed by atoms with Crippen molar-refractivity contribution in [3.8, 4) is 5.75 Å². The molecule has 3 heterocycles. The van der Waals surface area contributed by atoms with E-state index < -0.39 is 0 Å². The summed E-state index contributed by atoms with van der Waals surface area (Å²) in [5.41, 5.74) is 1.58. The van der Waals surface area contributed by atoms with Crippen molar-refractivity contribution in [2.45, 2.75) is 38.1 Å². The lowest BCUT2D eigenvalue weighted by molar-refractivity contribution is 0.0401. The number of aromatic amines is 1. The number of carbonyl (C=O) groups is 1. The van der Waals surface area contributed by atoms with Crippen molar-refractivity contribution in [2.24, 2.45) is 5.92 Å². The summed E-state index contributed by atoms with van der Waals surface area (Å²) in [7, 11) is 3.60. The molecule has 5 nitrogen and oxygen atoms in total. The van der Waals surface area contributed by atoms with Crippen LogP contribution in [0.4, 0.5) is 0 Å². The van der Waals surface area contributed by atoms with Gasteiger partial charge < -0.3 is 19.5 Å². The molecule has 2 aromatic rings. The van der Waals surface area contributed by atoms with Gasteiger partial charge in [0.2, 0.25) is 0 Å². The molecule has 0 bridgehead atoms. The van der Waals surface area contributed by atoms with E-state index in [1.54, 1.807) is 7.11 Å². The maximum Gasteiger partial charge on any atom is 0.270 e. The van der Waals surface area contributed by atoms with E-state index in [2.05, 4.69) is 9.88 Å². The Hall–Kier alpha value is -2.01. The van der Waals surface area contributed by atoms with E-state index in [1.807, 2.05) is 36.2 Å². The van der Waals surface area contributed by atoms with Gasteiger partial charge in [0, 0.05) is 30.5 Å². The quantitative estimate of drug-likeness (QED) is 0.913. The smallest absolute Gasteiger partial charge is 0.270 e. The van der Waals surface area contributed by atoms with Crippen molar-refractivity contribution in [1.82, 2.24) is 14.8 Å². The second-order valence-corrected chi connectivity index (χ2v) is 7.79. The Labute approximate surface area is 155 Å². The summed E-state index contributed by atoms with van der Waals surface area (Å²) < 4.78 is 5.41. The molecule has 0 aliphatic carbocycles. The summed E-state index contributed by atoms with van der Waals surface area (Å²) >= 11 is 0. The van der Waals surface area contributed by atoms with Crippen molar-refractivity contribution >= 4 is 16.8 Å². The van der Waals surface area contributed by atoms with Crippen LogP contribution in [0, 0.1) is 5.92 Å². The molecule has 0 spiro atoms. The lowest BCUT2D eigenvalue weighted by atomic mass is 9.83. The minimum absolute atomic E-state index is 0.0659. The number of piperidine rings is 2. The van der Waals surface area contributed by atoms with Gasteiger partial charge in [0.05, 0.1) is 7.11 Å². The summed E-state index contributed by atoms with van der Waals surface area (Å²) in [6.45, 7) is 3.31. The monoisotopic (exact) mass is 355 g/mol. The number of methoxy groups -OCH3 is 1. The average Bonchev–Trinajstić information content (AvgIpc) is 3.12. The number of nitrogens with zero attached hydrogens (tertiary/aromatic N) is 2. The molecule has 4 rings (SSSR count). The van der Waals surface area contributed by atoms with Crippen LogP contribution >= 0.6 is 0 Å². The highest BCUT2D eigenvalue weighted by atomic mass is 16.5. The van der Waals surface area contributed by atoms with Crippen molar-refractivity contribution in [2.75, 3.05) is 33.8 Å². The first-order valence-electron chi connectivity index (χ1n) is 9.82. The van der Waals surface area contributed by atoms with Crippen LogP contribution in [0.2, 0.25) is 0 Å². The van der Waals surface area contributed by atoms with Crippen molar-refractivity contribution in [1.29, 1.82) is 0 Å². The zero-order chi connectivity index (χ0) is 18.1. The maximum atomic E-state index is 13.0. The topological polar surface area (TPSA) is 48.6 Å². The van der Waals surface area contributed by atoms with Crippen LogP contribution in [0.15, 0.2) is 24.3 Å². The van der Waals surface area contributed by atoms with Crippen molar-refractivity contribution in [3.63, 3.8) is 0 Å². The Kier molecular flexibility index (Phi) is 4.90. The van der Waals surface area contributed by atoms with Crippen LogP contribution in [-0.4, -0.2) is 60.5 Å². The van der Waals surface area contributed by atoms with Gasteiger partial charge in [-0.2, -0.15) is 0 Å². The van der Waals surface area contributed by atoms with Crippen molar-refractivity contribution < 1.29 is 9.53 Å². The van der Waals surface area contributed by atoms with Gasteiger partial charge in [0.25, 0.3) is 5.91 Å². The largest absolute Gasteiger partial charge is 0.496 e. The molecule has 5 heteroatoms. The second kappa shape index (κ2) is 7.31. The molecular weight excluding hydrogens is 326 g/mol. The molecule has 2 saturated heterocycles. The zero-order valence-electron chi connectivity index (χ0n) is 15.8. The number of ether oxygens (including phenoxy) is 1. The number of aromatic nitrogens is 1. The number of benzene rings is 1. The lowest BCUT2D eigenvalue weighted by Gasteiger charge is -2.45. The Morgan fingerprint density at radius 2 is 2.12 bits per heavy atom. The number of carbonyl (C=O) groups excluding carboxylic acids is 1. The summed E-state index contributed by atoms with van der Waals surface area (Å²) in [5.74, 6) is 1.46. The SMILES string of the molecule is COc1cccc2[nH]c(C(=O)N(C)CC3CCCN4CCCCC34)cc12. The van der Waals surface area contributed by atoms with Gasteiger partial charge in [-0.1, -0.05) is 12.5 Å². The molecule has 2 atom stereocenters. The van der Waals surface area contributed by atoms with Crippen LogP contribution in [0.25, 0.3) is 10.9 Å². The Morgan fingerprint density at radius 1 is 1.27 bits per heavy atom. The first kappa shape index (κ1) is 17.4. The highest BCUT2D eigenvalue weighted by Gasteiger charge is 2.34. The lowest BCUT2D eigenvalue weighted by Crippen LogP contribution is -2.51. The summed E-state index contributed by atoms with van der Waals surface area (Å²) in [5, 5.41) is 0.961. The Bertz CT molecular complexity index is 783. The molecule has 26 heavy (non-hydrogen) atoms. The number of nitrogens with one attached hydrogen (secondary N) is 1. The average molecular weight is 355 g/mol. The number of hydrogen-bond acceptors (Lipinski definition) is 3. The van der Waals surface area contributed by atoms with E-state index in [4.69, 9.17) is 4.74 Å². The van der Waals surface area contributed by atoms with Gasteiger partial charge in [-0.15, -0.1) is 0 Å². The van der Waals surface area contributed by atoms with Crippen LogP contribution < -0.4 is 4.74 Å². The molecule has 1 aromatic heterocycles. The predicted octanol–water partition coefficient (Wildman–Crippen LogP) is 3.51. The fraction of sp³-hybridized carbons (Fsp3) is 0.571. The summed E-state index contributed by atoms with van der Waals surface area (Å²) in [4.78, 5) is 20.8. The maximum absolute atomic E-state index is 13.0. The second-order valence-electron chi connectivity index (χ2n) is 7.79. The van der Waals surface area contributed by atoms with E-state index in [-0.39, 0.29) is 5.91 Å². The molecule has 140 valence electrons. The molecule has 1 amide bonds. The van der Waals surface area contributed by atoms with Crippen LogP contribution in [0.5, 0.6) is 5.75 Å². The molecular formula is C21H29N3O2. The fourth-order valence-electron chi connectivity index (χ4n) is 4.85. The minimum atomic E-state index is 0.0659. The third-order valence-corrected chi connectivity index (χ3v) is 6.16. The highest BCUT2D eigenvalue weighted by molar-refractivity contribution is 5.99. The zero-order valence-corrected chi connectivity index (χ0v) is 15.8. The molecule has 1 aromatic carbocycles. The van der Waals surface area contributed by atoms with E-state index in [0.717, 1.165) is 23.2 Å². The fourth-order valence-corrected chi connectivity index (χ4v) is 4.85. The van der Waals surface area contributed by atoms with Gasteiger partial charge in [-0.3, -0.25) is 4.79 Å². The standard InChI is InChI=1S/C21H29N3O2/c1-23(14-15-7-6-12-24-11-4-3-9-19(15)24)21(25)18-13-16-17(22-18)8-5-10-20(16)26-2/h5,8,10,13,15,19,22H,3-4,6-7,9,11-12,14H2,1-2H3. The van der Waals surface area contributed by atoms with Crippen molar-refractivity contribution in [3.05, 3.63) is 30.0 Å². The molecule has 2 unspecified atom stereocenters. The van der Waals surface area contributed by atoms with Gasteiger partial charge in [-0.05, 0) is 62.9 Å². The molecule has 2 aliphatic rings. The van der Waals surface area contributed by atoms with Crippen LogP contribution in [0.3, 0.4) is 0 Å². The molecule has 1 N–H and O–H groups in total. The third-order valence-electron chi connectivity index (χ3n) is 6.16. The molecule has 2 fully saturated rings. The van der Waals surface area contributed by atoms with Gasteiger partial charge in [0.15, 0.2) is 0 Å². The highest BCUT2D eigenvalue weighted by Crippen LogP contribution is 2.32. The van der Waals surface area contributed by atoms with E-state index in [9.17, 15) is 4.79 Å². The van der Waals surface area contributed by atoms with Crippen LogP contribution in [-0.2, 0) is 0 Å². The first-order chi connectivity index (χ1) is 12.7. The molecule has 0 saturated carbocycles. The summed E-state index contributed by atoms with van der Waals surface area (Å²) in [6.07, 6.45) is 6.44. The predicted molar refractivity (Wildman–Crippen MR) is 104 cm³/mol. The first-order valence-corrected chi connectivity index (χ1v) is 9.82. The van der Waals surface area contributed by atoms with E-state index >= 15 is 0 Å². The number of amides is 1. The number of hydrogen-bond donors (Lipinski definition) is 1. The normalized spacial score (nSPS) is 23.6. The van der Waals surface area contributed by atoms with Gasteiger partial charge in [-0.25, -0.2) is 0 Å². The van der Waals surface area contributed by atoms with Crippen LogP contribution in [0.1, 0.15) is 42.6 Å². The summed E-state index contributed by atoms with van der Waals surface area (Å²) in [6, 6.07) is 8.43. The number of rotatable bonds is 4. The molecule has 2 aliphatic heterocycles. The Morgan fingerprint density at radius 3 is 2.96 bits per heavy atom. The minimum Gasteiger partial charge on any atom is -0.496 e. The van der Waals surface area contributed by atoms with Gasteiger partial charge in [0.1, 0.15) is 11.4 Å². The molecule has 0 radical (unpaired) electrons. The Balaban J connectivity index is 1.49. The number of H-pyrrole nitrogens is 1. The van der Waals surface area contributed by atoms with E-state index in [1.165, 1.54) is 45.2 Å².